The second kappa shape index (κ2) is 7.36. The molecule has 3 rings (SSSR count). The molecule has 1 fully saturated rings. The number of aromatic amines is 1. The zero-order valence-corrected chi connectivity index (χ0v) is 15.1. The molecule has 1 aliphatic rings. The minimum Gasteiger partial charge on any atom is -0.322 e. The number of aromatic nitrogens is 4. The number of nitrogens with one attached hydrogen (secondary N) is 2. The molecule has 2 aromatic rings. The smallest absolute Gasteiger partial charge is 0.157 e. The Hall–Kier alpha value is -3.20. The fourth-order valence-corrected chi connectivity index (χ4v) is 2.34. The summed E-state index contributed by atoms with van der Waals surface area (Å²) in [5, 5.41) is 10.5. The first-order chi connectivity index (χ1) is 12.5. The molecule has 2 heterocycles. The SMILES string of the molecule is C#Cc1cnc(/C(C)=C/C=C(\C)C(C)=O)nc1Nc1cc(C2CC2)[nH]n1. The Bertz CT molecular complexity index is 941. The lowest BCUT2D eigenvalue weighted by Crippen LogP contribution is -2.02. The van der Waals surface area contributed by atoms with E-state index in [0.717, 1.165) is 11.3 Å². The van der Waals surface area contributed by atoms with E-state index in [1.165, 1.54) is 19.8 Å². The minimum absolute atomic E-state index is 0.0324. The van der Waals surface area contributed by atoms with Gasteiger partial charge in [0.15, 0.2) is 23.2 Å². The fraction of sp³-hybridized carbons (Fsp3) is 0.300. The van der Waals surface area contributed by atoms with E-state index >= 15 is 0 Å². The Morgan fingerprint density at radius 3 is 2.77 bits per heavy atom. The highest BCUT2D eigenvalue weighted by Gasteiger charge is 2.25. The molecule has 26 heavy (non-hydrogen) atoms. The molecule has 0 spiro atoms. The lowest BCUT2D eigenvalue weighted by Gasteiger charge is -2.07. The van der Waals surface area contributed by atoms with E-state index in [1.54, 1.807) is 19.2 Å². The molecule has 0 amide bonds. The van der Waals surface area contributed by atoms with Gasteiger partial charge in [0.2, 0.25) is 0 Å². The number of terminal acetylenes is 1. The van der Waals surface area contributed by atoms with Crippen molar-refractivity contribution >= 4 is 23.0 Å². The van der Waals surface area contributed by atoms with Crippen LogP contribution in [-0.4, -0.2) is 25.9 Å². The Labute approximate surface area is 152 Å². The van der Waals surface area contributed by atoms with Gasteiger partial charge in [-0.15, -0.1) is 6.42 Å². The molecule has 0 atom stereocenters. The molecule has 6 heteroatoms. The summed E-state index contributed by atoms with van der Waals surface area (Å²) in [7, 11) is 0. The van der Waals surface area contributed by atoms with E-state index in [0.29, 0.717) is 34.5 Å². The summed E-state index contributed by atoms with van der Waals surface area (Å²) in [6, 6.07) is 1.99. The Balaban J connectivity index is 1.86. The summed E-state index contributed by atoms with van der Waals surface area (Å²) in [6.45, 7) is 5.20. The highest BCUT2D eigenvalue weighted by Crippen LogP contribution is 2.39. The number of hydrogen-bond donors (Lipinski definition) is 2. The summed E-state index contributed by atoms with van der Waals surface area (Å²) < 4.78 is 0. The molecule has 1 saturated carbocycles. The second-order valence-electron chi connectivity index (χ2n) is 6.46. The van der Waals surface area contributed by atoms with Gasteiger partial charge in [-0.2, -0.15) is 5.10 Å². The molecule has 2 aromatic heterocycles. The fourth-order valence-electron chi connectivity index (χ4n) is 2.34. The molecule has 6 nitrogen and oxygen atoms in total. The van der Waals surface area contributed by atoms with E-state index < -0.39 is 0 Å². The van der Waals surface area contributed by atoms with Gasteiger partial charge in [-0.1, -0.05) is 18.1 Å². The van der Waals surface area contributed by atoms with E-state index in [9.17, 15) is 4.79 Å². The summed E-state index contributed by atoms with van der Waals surface area (Å²) in [4.78, 5) is 20.2. The van der Waals surface area contributed by atoms with Crippen molar-refractivity contribution in [3.05, 3.63) is 47.1 Å². The lowest BCUT2D eigenvalue weighted by atomic mass is 10.1. The third-order valence-corrected chi connectivity index (χ3v) is 4.30. The van der Waals surface area contributed by atoms with Gasteiger partial charge in [-0.25, -0.2) is 9.97 Å². The third-order valence-electron chi connectivity index (χ3n) is 4.30. The van der Waals surface area contributed by atoms with E-state index in [4.69, 9.17) is 6.42 Å². The van der Waals surface area contributed by atoms with Gasteiger partial charge in [-0.05, 0) is 44.8 Å². The molecule has 1 aliphatic carbocycles. The van der Waals surface area contributed by atoms with Crippen LogP contribution < -0.4 is 5.32 Å². The lowest BCUT2D eigenvalue weighted by molar-refractivity contribution is -0.113. The zero-order valence-electron chi connectivity index (χ0n) is 15.1. The zero-order chi connectivity index (χ0) is 18.7. The standard InChI is InChI=1S/C20H21N5O/c1-5-15-11-21-19(13(3)7-6-12(2)14(4)26)23-20(15)22-18-10-17(24-25-18)16-8-9-16/h1,6-7,10-11,16H,8-9H2,2-4H3,(H2,21,22,23,24,25)/b12-6+,13-7+. The van der Waals surface area contributed by atoms with Crippen LogP contribution >= 0.6 is 0 Å². The maximum absolute atomic E-state index is 11.3. The van der Waals surface area contributed by atoms with Crippen LogP contribution in [0.5, 0.6) is 0 Å². The number of Topliss-reactive ketones (excluding diaryl/α,β-unsaturated/α-hetero) is 1. The first-order valence-corrected chi connectivity index (χ1v) is 8.50. The van der Waals surface area contributed by atoms with Crippen molar-refractivity contribution in [1.82, 2.24) is 20.2 Å². The number of ketones is 1. The third kappa shape index (κ3) is 4.06. The molecule has 0 aliphatic heterocycles. The Kier molecular flexibility index (Phi) is 4.99. The highest BCUT2D eigenvalue weighted by molar-refractivity contribution is 5.93. The van der Waals surface area contributed by atoms with Crippen LogP contribution in [0.4, 0.5) is 11.6 Å². The maximum Gasteiger partial charge on any atom is 0.157 e. The minimum atomic E-state index is 0.0324. The van der Waals surface area contributed by atoms with Crippen molar-refractivity contribution in [2.45, 2.75) is 39.5 Å². The van der Waals surface area contributed by atoms with Crippen LogP contribution in [0.1, 0.15) is 56.6 Å². The molecule has 0 aromatic carbocycles. The topological polar surface area (TPSA) is 83.6 Å². The summed E-state index contributed by atoms with van der Waals surface area (Å²) in [5.41, 5.74) is 3.20. The number of carbonyl (C=O) groups excluding carboxylic acids is 1. The van der Waals surface area contributed by atoms with Crippen molar-refractivity contribution in [2.24, 2.45) is 0 Å². The van der Waals surface area contributed by atoms with Crippen LogP contribution in [0.15, 0.2) is 30.0 Å². The normalized spacial score (nSPS) is 14.8. The van der Waals surface area contributed by atoms with Gasteiger partial charge in [0.1, 0.15) is 0 Å². The molecular weight excluding hydrogens is 326 g/mol. The van der Waals surface area contributed by atoms with E-state index in [-0.39, 0.29) is 5.78 Å². The van der Waals surface area contributed by atoms with Crippen LogP contribution in [0.3, 0.4) is 0 Å². The van der Waals surface area contributed by atoms with Crippen molar-refractivity contribution in [2.75, 3.05) is 5.32 Å². The van der Waals surface area contributed by atoms with Crippen LogP contribution in [0, 0.1) is 12.3 Å². The predicted octanol–water partition coefficient (Wildman–Crippen LogP) is 3.74. The Morgan fingerprint density at radius 1 is 1.35 bits per heavy atom. The van der Waals surface area contributed by atoms with Crippen LogP contribution in [-0.2, 0) is 4.79 Å². The molecule has 0 saturated heterocycles. The van der Waals surface area contributed by atoms with Gasteiger partial charge >= 0.3 is 0 Å². The van der Waals surface area contributed by atoms with Crippen molar-refractivity contribution < 1.29 is 4.79 Å². The summed E-state index contributed by atoms with van der Waals surface area (Å²) >= 11 is 0. The quantitative estimate of drug-likeness (QED) is 0.472. The average molecular weight is 347 g/mol. The van der Waals surface area contributed by atoms with Gasteiger partial charge in [0.05, 0.1) is 5.56 Å². The number of nitrogens with zero attached hydrogens (tertiary/aromatic N) is 3. The van der Waals surface area contributed by atoms with Crippen LogP contribution in [0.2, 0.25) is 0 Å². The van der Waals surface area contributed by atoms with Gasteiger partial charge < -0.3 is 5.32 Å². The molecule has 0 radical (unpaired) electrons. The monoisotopic (exact) mass is 347 g/mol. The molecular formula is C20H21N5O. The van der Waals surface area contributed by atoms with Crippen LogP contribution in [0.25, 0.3) is 5.57 Å². The largest absolute Gasteiger partial charge is 0.322 e. The van der Waals surface area contributed by atoms with Crippen molar-refractivity contribution in [3.63, 3.8) is 0 Å². The Morgan fingerprint density at radius 2 is 2.12 bits per heavy atom. The second-order valence-corrected chi connectivity index (χ2v) is 6.46. The number of hydrogen-bond acceptors (Lipinski definition) is 5. The number of anilines is 2. The average Bonchev–Trinajstić information content (AvgIpc) is 3.38. The molecule has 132 valence electrons. The molecule has 2 N–H and O–H groups in total. The van der Waals surface area contributed by atoms with Gasteiger partial charge in [0, 0.05) is 23.9 Å². The maximum atomic E-state index is 11.3. The first-order valence-electron chi connectivity index (χ1n) is 8.50. The molecule has 0 bridgehead atoms. The van der Waals surface area contributed by atoms with Gasteiger partial charge in [0.25, 0.3) is 0 Å². The van der Waals surface area contributed by atoms with Gasteiger partial charge in [-0.3, -0.25) is 9.89 Å². The van der Waals surface area contributed by atoms with Crippen molar-refractivity contribution in [3.8, 4) is 12.3 Å². The molecule has 0 unspecified atom stereocenters. The summed E-state index contributed by atoms with van der Waals surface area (Å²) in [5.74, 6) is 4.97. The number of carbonyl (C=O) groups is 1. The summed E-state index contributed by atoms with van der Waals surface area (Å²) in [6.07, 6.45) is 13.2. The highest BCUT2D eigenvalue weighted by atomic mass is 16.1. The predicted molar refractivity (Wildman–Crippen MR) is 102 cm³/mol. The van der Waals surface area contributed by atoms with E-state index in [2.05, 4.69) is 31.4 Å². The number of rotatable bonds is 6. The van der Waals surface area contributed by atoms with E-state index in [1.807, 2.05) is 19.1 Å². The number of H-pyrrole nitrogens is 1. The number of allylic oxidation sites excluding steroid dienone is 4. The van der Waals surface area contributed by atoms with Crippen molar-refractivity contribution in [1.29, 1.82) is 0 Å². The first kappa shape index (κ1) is 17.6.